The molecule has 0 saturated carbocycles. The molecule has 1 aliphatic heterocycles. The number of carbonyl (C=O) groups is 2. The third kappa shape index (κ3) is 3.75. The normalized spacial score (nSPS) is 21.5. The number of carboxylic acids is 1. The fraction of sp³-hybridized carbons (Fsp3) is 0.500. The molecule has 2 atom stereocenters. The Morgan fingerprint density at radius 2 is 2.14 bits per heavy atom. The summed E-state index contributed by atoms with van der Waals surface area (Å²) in [6.07, 6.45) is 1.37. The molecular formula is C16H20FNO4. The van der Waals surface area contributed by atoms with Crippen LogP contribution in [0.25, 0.3) is 0 Å². The number of carbonyl (C=O) groups excluding carboxylic acids is 1. The Kier molecular flexibility index (Phi) is 5.35. The number of halogens is 1. The molecule has 2 rings (SSSR count). The summed E-state index contributed by atoms with van der Waals surface area (Å²) in [5, 5.41) is 9.16. The van der Waals surface area contributed by atoms with E-state index < -0.39 is 17.7 Å². The van der Waals surface area contributed by atoms with Crippen molar-refractivity contribution in [1.82, 2.24) is 4.90 Å². The molecule has 22 heavy (non-hydrogen) atoms. The van der Waals surface area contributed by atoms with Gasteiger partial charge in [-0.25, -0.2) is 4.39 Å². The van der Waals surface area contributed by atoms with Crippen LogP contribution in [0.2, 0.25) is 0 Å². The molecule has 1 amide bonds. The second-order valence-electron chi connectivity index (χ2n) is 5.44. The molecule has 1 aromatic rings. The minimum absolute atomic E-state index is 0.0702. The highest BCUT2D eigenvalue weighted by molar-refractivity contribution is 5.78. The van der Waals surface area contributed by atoms with Crippen LogP contribution in [-0.2, 0) is 9.59 Å². The van der Waals surface area contributed by atoms with E-state index in [0.29, 0.717) is 19.4 Å². The van der Waals surface area contributed by atoms with E-state index in [-0.39, 0.29) is 30.7 Å². The van der Waals surface area contributed by atoms with Gasteiger partial charge in [0.05, 0.1) is 18.9 Å². The quantitative estimate of drug-likeness (QED) is 0.906. The van der Waals surface area contributed by atoms with E-state index in [9.17, 15) is 14.0 Å². The van der Waals surface area contributed by atoms with Crippen LogP contribution in [0.15, 0.2) is 24.3 Å². The van der Waals surface area contributed by atoms with Crippen LogP contribution in [-0.4, -0.2) is 41.1 Å². The van der Waals surface area contributed by atoms with Gasteiger partial charge in [0, 0.05) is 12.6 Å². The first-order valence-electron chi connectivity index (χ1n) is 7.40. The van der Waals surface area contributed by atoms with E-state index in [1.54, 1.807) is 24.0 Å². The fourth-order valence-corrected chi connectivity index (χ4v) is 2.78. The summed E-state index contributed by atoms with van der Waals surface area (Å²) in [4.78, 5) is 25.0. The lowest BCUT2D eigenvalue weighted by Crippen LogP contribution is -2.49. The van der Waals surface area contributed by atoms with Crippen molar-refractivity contribution in [3.05, 3.63) is 30.1 Å². The highest BCUT2D eigenvalue weighted by Gasteiger charge is 2.34. The van der Waals surface area contributed by atoms with Gasteiger partial charge in [0.15, 0.2) is 11.6 Å². The highest BCUT2D eigenvalue weighted by Crippen LogP contribution is 2.24. The number of likely N-dealkylation sites (tertiary alicyclic amines) is 1. The first-order valence-corrected chi connectivity index (χ1v) is 7.40. The van der Waals surface area contributed by atoms with Gasteiger partial charge in [0.2, 0.25) is 5.91 Å². The monoisotopic (exact) mass is 309 g/mol. The molecule has 5 nitrogen and oxygen atoms in total. The third-order valence-corrected chi connectivity index (χ3v) is 4.04. The molecule has 0 spiro atoms. The Morgan fingerprint density at radius 3 is 2.82 bits per heavy atom. The maximum atomic E-state index is 13.4. The SMILES string of the molecule is C[C@@H]1[C@H](C(=O)O)CCCN1C(=O)CCOc1ccccc1F. The Bertz CT molecular complexity index is 549. The van der Waals surface area contributed by atoms with Crippen molar-refractivity contribution in [1.29, 1.82) is 0 Å². The number of benzene rings is 1. The largest absolute Gasteiger partial charge is 0.490 e. The van der Waals surface area contributed by atoms with Crippen molar-refractivity contribution in [2.24, 2.45) is 5.92 Å². The zero-order chi connectivity index (χ0) is 16.1. The number of amides is 1. The van der Waals surface area contributed by atoms with Crippen molar-refractivity contribution >= 4 is 11.9 Å². The van der Waals surface area contributed by atoms with Crippen LogP contribution >= 0.6 is 0 Å². The van der Waals surface area contributed by atoms with Crippen LogP contribution in [0, 0.1) is 11.7 Å². The molecule has 1 heterocycles. The standard InChI is InChI=1S/C16H20FNO4/c1-11-12(16(20)21)5-4-9-18(11)15(19)8-10-22-14-7-3-2-6-13(14)17/h2-3,6-7,11-12H,4-5,8-10H2,1H3,(H,20,21)/t11-,12-/m1/s1. The Morgan fingerprint density at radius 1 is 1.41 bits per heavy atom. The zero-order valence-corrected chi connectivity index (χ0v) is 12.5. The van der Waals surface area contributed by atoms with Gasteiger partial charge >= 0.3 is 5.97 Å². The summed E-state index contributed by atoms with van der Waals surface area (Å²) < 4.78 is 18.7. The lowest BCUT2D eigenvalue weighted by atomic mass is 9.90. The highest BCUT2D eigenvalue weighted by atomic mass is 19.1. The predicted molar refractivity (Wildman–Crippen MR) is 78.0 cm³/mol. The van der Waals surface area contributed by atoms with Crippen LogP contribution in [0.3, 0.4) is 0 Å². The molecule has 0 bridgehead atoms. The number of aliphatic carboxylic acids is 1. The average molecular weight is 309 g/mol. The van der Waals surface area contributed by atoms with E-state index >= 15 is 0 Å². The zero-order valence-electron chi connectivity index (χ0n) is 12.5. The van der Waals surface area contributed by atoms with Gasteiger partial charge in [-0.1, -0.05) is 12.1 Å². The summed E-state index contributed by atoms with van der Waals surface area (Å²) in [7, 11) is 0. The van der Waals surface area contributed by atoms with Crippen molar-refractivity contribution in [3.63, 3.8) is 0 Å². The van der Waals surface area contributed by atoms with E-state index in [2.05, 4.69) is 0 Å². The Labute approximate surface area is 128 Å². The van der Waals surface area contributed by atoms with Crippen molar-refractivity contribution < 1.29 is 23.8 Å². The molecule has 120 valence electrons. The van der Waals surface area contributed by atoms with Crippen molar-refractivity contribution in [3.8, 4) is 5.75 Å². The smallest absolute Gasteiger partial charge is 0.308 e. The van der Waals surface area contributed by atoms with Crippen LogP contribution < -0.4 is 4.74 Å². The van der Waals surface area contributed by atoms with Gasteiger partial charge in [-0.15, -0.1) is 0 Å². The number of hydrogen-bond donors (Lipinski definition) is 1. The number of ether oxygens (including phenoxy) is 1. The van der Waals surface area contributed by atoms with E-state index in [1.807, 2.05) is 0 Å². The maximum Gasteiger partial charge on any atom is 0.308 e. The van der Waals surface area contributed by atoms with Gasteiger partial charge in [-0.05, 0) is 31.9 Å². The summed E-state index contributed by atoms with van der Waals surface area (Å²) >= 11 is 0. The molecular weight excluding hydrogens is 289 g/mol. The fourth-order valence-electron chi connectivity index (χ4n) is 2.78. The minimum atomic E-state index is -0.868. The Hall–Kier alpha value is -2.11. The lowest BCUT2D eigenvalue weighted by Gasteiger charge is -2.37. The molecule has 0 aromatic heterocycles. The molecule has 6 heteroatoms. The molecule has 1 N–H and O–H groups in total. The molecule has 0 aliphatic carbocycles. The van der Waals surface area contributed by atoms with Crippen LogP contribution in [0.5, 0.6) is 5.75 Å². The molecule has 1 aliphatic rings. The van der Waals surface area contributed by atoms with E-state index in [4.69, 9.17) is 9.84 Å². The third-order valence-electron chi connectivity index (χ3n) is 4.04. The second kappa shape index (κ2) is 7.24. The van der Waals surface area contributed by atoms with Crippen molar-refractivity contribution in [2.45, 2.75) is 32.2 Å². The number of piperidine rings is 1. The molecule has 0 radical (unpaired) electrons. The first kappa shape index (κ1) is 16.3. The van der Waals surface area contributed by atoms with Crippen LogP contribution in [0.4, 0.5) is 4.39 Å². The second-order valence-corrected chi connectivity index (χ2v) is 5.44. The van der Waals surface area contributed by atoms with Gasteiger partial charge in [0.1, 0.15) is 0 Å². The van der Waals surface area contributed by atoms with Gasteiger partial charge in [-0.2, -0.15) is 0 Å². The molecule has 1 fully saturated rings. The topological polar surface area (TPSA) is 66.8 Å². The maximum absolute atomic E-state index is 13.4. The number of rotatable bonds is 5. The number of para-hydroxylation sites is 1. The molecule has 1 saturated heterocycles. The van der Waals surface area contributed by atoms with E-state index in [1.165, 1.54) is 12.1 Å². The summed E-state index contributed by atoms with van der Waals surface area (Å²) in [6, 6.07) is 5.69. The number of nitrogens with zero attached hydrogens (tertiary/aromatic N) is 1. The molecule has 0 unspecified atom stereocenters. The minimum Gasteiger partial charge on any atom is -0.490 e. The first-order chi connectivity index (χ1) is 10.5. The summed E-state index contributed by atoms with van der Waals surface area (Å²) in [5.41, 5.74) is 0. The molecule has 1 aromatic carbocycles. The summed E-state index contributed by atoms with van der Waals surface area (Å²) in [5.74, 6) is -1.90. The average Bonchev–Trinajstić information content (AvgIpc) is 2.49. The van der Waals surface area contributed by atoms with Crippen molar-refractivity contribution in [2.75, 3.05) is 13.2 Å². The van der Waals surface area contributed by atoms with Gasteiger partial charge in [-0.3, -0.25) is 9.59 Å². The lowest BCUT2D eigenvalue weighted by molar-refractivity contribution is -0.149. The van der Waals surface area contributed by atoms with Crippen LogP contribution in [0.1, 0.15) is 26.2 Å². The summed E-state index contributed by atoms with van der Waals surface area (Å²) in [6.45, 7) is 2.39. The van der Waals surface area contributed by atoms with E-state index in [0.717, 1.165) is 0 Å². The predicted octanol–water partition coefficient (Wildman–Crippen LogP) is 2.31. The van der Waals surface area contributed by atoms with Gasteiger partial charge in [0.25, 0.3) is 0 Å². The number of carboxylic acid groups (broad SMARTS) is 1. The van der Waals surface area contributed by atoms with Gasteiger partial charge < -0.3 is 14.7 Å². The Balaban J connectivity index is 1.87. The number of hydrogen-bond acceptors (Lipinski definition) is 3.